The highest BCUT2D eigenvalue weighted by atomic mass is 32.2. The van der Waals surface area contributed by atoms with E-state index in [0.717, 1.165) is 11.6 Å². The topological polar surface area (TPSA) is 107 Å². The van der Waals surface area contributed by atoms with Crippen LogP contribution in [0.15, 0.2) is 53.4 Å². The molecule has 8 heteroatoms. The minimum Gasteiger partial charge on any atom is -0.329 e. The quantitative estimate of drug-likeness (QED) is 0.608. The lowest BCUT2D eigenvalue weighted by molar-refractivity contribution is -0.385. The van der Waals surface area contributed by atoms with Gasteiger partial charge in [-0.2, -0.15) is 4.31 Å². The SMILES string of the molecule is Cc1ccc([N+](=O)[O-])cc1S(=O)(=O)N(CCN)Cc1ccccc1. The molecular weight excluding hydrogens is 330 g/mol. The number of aryl methyl sites for hydroxylation is 1. The maximum atomic E-state index is 13.0. The molecule has 0 heterocycles. The molecule has 0 aliphatic rings. The highest BCUT2D eigenvalue weighted by molar-refractivity contribution is 7.89. The molecule has 0 atom stereocenters. The molecule has 0 bridgehead atoms. The summed E-state index contributed by atoms with van der Waals surface area (Å²) in [4.78, 5) is 10.3. The maximum absolute atomic E-state index is 13.0. The Bertz CT molecular complexity index is 822. The van der Waals surface area contributed by atoms with Crippen LogP contribution < -0.4 is 5.73 Å². The summed E-state index contributed by atoms with van der Waals surface area (Å²) in [5, 5.41) is 11.0. The fraction of sp³-hybridized carbons (Fsp3) is 0.250. The Hall–Kier alpha value is -2.29. The van der Waals surface area contributed by atoms with Gasteiger partial charge >= 0.3 is 0 Å². The fourth-order valence-electron chi connectivity index (χ4n) is 2.33. The van der Waals surface area contributed by atoms with Crippen molar-refractivity contribution in [1.29, 1.82) is 0 Å². The normalized spacial score (nSPS) is 11.6. The summed E-state index contributed by atoms with van der Waals surface area (Å²) >= 11 is 0. The molecular formula is C16H19N3O4S. The van der Waals surface area contributed by atoms with Crippen molar-refractivity contribution in [2.75, 3.05) is 13.1 Å². The highest BCUT2D eigenvalue weighted by Crippen LogP contribution is 2.25. The van der Waals surface area contributed by atoms with Crippen LogP contribution in [0.1, 0.15) is 11.1 Å². The molecule has 0 aliphatic carbocycles. The van der Waals surface area contributed by atoms with Gasteiger partial charge in [0.1, 0.15) is 0 Å². The first-order chi connectivity index (χ1) is 11.4. The van der Waals surface area contributed by atoms with Gasteiger partial charge in [-0.15, -0.1) is 0 Å². The van der Waals surface area contributed by atoms with E-state index in [4.69, 9.17) is 5.73 Å². The van der Waals surface area contributed by atoms with Crippen molar-refractivity contribution in [3.05, 3.63) is 69.8 Å². The van der Waals surface area contributed by atoms with Crippen LogP contribution in [0.25, 0.3) is 0 Å². The third-order valence-corrected chi connectivity index (χ3v) is 5.57. The van der Waals surface area contributed by atoms with Gasteiger partial charge in [-0.3, -0.25) is 10.1 Å². The van der Waals surface area contributed by atoms with E-state index in [-0.39, 0.29) is 30.2 Å². The molecule has 0 spiro atoms. The Kier molecular flexibility index (Phi) is 5.66. The van der Waals surface area contributed by atoms with Gasteiger partial charge in [0.2, 0.25) is 10.0 Å². The summed E-state index contributed by atoms with van der Waals surface area (Å²) in [7, 11) is -3.90. The van der Waals surface area contributed by atoms with Crippen LogP contribution in [0.3, 0.4) is 0 Å². The number of nitrogens with two attached hydrogens (primary N) is 1. The van der Waals surface area contributed by atoms with Crippen LogP contribution in [-0.4, -0.2) is 30.7 Å². The standard InChI is InChI=1S/C16H19N3O4S/c1-13-7-8-15(19(20)21)11-16(13)24(22,23)18(10-9-17)12-14-5-3-2-4-6-14/h2-8,11H,9-10,12,17H2,1H3. The molecule has 7 nitrogen and oxygen atoms in total. The lowest BCUT2D eigenvalue weighted by Gasteiger charge is -2.22. The molecule has 2 aromatic carbocycles. The van der Waals surface area contributed by atoms with Crippen molar-refractivity contribution >= 4 is 15.7 Å². The summed E-state index contributed by atoms with van der Waals surface area (Å²) < 4.78 is 27.2. The van der Waals surface area contributed by atoms with Gasteiger partial charge in [0, 0.05) is 31.8 Å². The van der Waals surface area contributed by atoms with Crippen LogP contribution in [0.4, 0.5) is 5.69 Å². The summed E-state index contributed by atoms with van der Waals surface area (Å²) in [5.41, 5.74) is 6.57. The number of benzene rings is 2. The van der Waals surface area contributed by atoms with Gasteiger partial charge in [-0.1, -0.05) is 36.4 Å². The Labute approximate surface area is 140 Å². The van der Waals surface area contributed by atoms with Crippen molar-refractivity contribution in [1.82, 2.24) is 4.31 Å². The van der Waals surface area contributed by atoms with Crippen molar-refractivity contribution in [3.8, 4) is 0 Å². The number of rotatable bonds is 7. The predicted octanol–water partition coefficient (Wildman–Crippen LogP) is 2.05. The number of nitrogens with zero attached hydrogens (tertiary/aromatic N) is 2. The zero-order chi connectivity index (χ0) is 17.7. The summed E-state index contributed by atoms with van der Waals surface area (Å²) in [6, 6.07) is 12.9. The molecule has 24 heavy (non-hydrogen) atoms. The van der Waals surface area contributed by atoms with Gasteiger partial charge in [0.15, 0.2) is 0 Å². The van der Waals surface area contributed by atoms with Crippen LogP contribution in [0, 0.1) is 17.0 Å². The minimum atomic E-state index is -3.90. The first-order valence-corrected chi connectivity index (χ1v) is 8.79. The second kappa shape index (κ2) is 7.52. The monoisotopic (exact) mass is 349 g/mol. The van der Waals surface area contributed by atoms with Gasteiger partial charge in [0.05, 0.1) is 9.82 Å². The average molecular weight is 349 g/mol. The highest BCUT2D eigenvalue weighted by Gasteiger charge is 2.27. The second-order valence-corrected chi connectivity index (χ2v) is 7.23. The lowest BCUT2D eigenvalue weighted by Crippen LogP contribution is -2.35. The van der Waals surface area contributed by atoms with E-state index in [2.05, 4.69) is 0 Å². The molecule has 0 fully saturated rings. The molecule has 0 saturated heterocycles. The predicted molar refractivity (Wildman–Crippen MR) is 90.9 cm³/mol. The van der Waals surface area contributed by atoms with Crippen molar-refractivity contribution in [3.63, 3.8) is 0 Å². The Morgan fingerprint density at radius 1 is 1.17 bits per heavy atom. The van der Waals surface area contributed by atoms with Gasteiger partial charge < -0.3 is 5.73 Å². The second-order valence-electron chi connectivity index (χ2n) is 5.32. The van der Waals surface area contributed by atoms with Crippen molar-refractivity contribution in [2.24, 2.45) is 5.73 Å². The molecule has 0 aliphatic heterocycles. The van der Waals surface area contributed by atoms with Crippen LogP contribution in [-0.2, 0) is 16.6 Å². The van der Waals surface area contributed by atoms with Gasteiger partial charge in [-0.25, -0.2) is 8.42 Å². The molecule has 2 N–H and O–H groups in total. The summed E-state index contributed by atoms with van der Waals surface area (Å²) in [6.07, 6.45) is 0. The number of nitro groups is 1. The third kappa shape index (κ3) is 3.97. The van der Waals surface area contributed by atoms with E-state index in [0.29, 0.717) is 5.56 Å². The van der Waals surface area contributed by atoms with Crippen molar-refractivity contribution < 1.29 is 13.3 Å². The van der Waals surface area contributed by atoms with Crippen LogP contribution in [0.2, 0.25) is 0 Å². The lowest BCUT2D eigenvalue weighted by atomic mass is 10.2. The minimum absolute atomic E-state index is 0.0684. The number of hydrogen-bond donors (Lipinski definition) is 1. The molecule has 0 amide bonds. The van der Waals surface area contributed by atoms with E-state index >= 15 is 0 Å². The zero-order valence-corrected chi connectivity index (χ0v) is 14.1. The Morgan fingerprint density at radius 2 is 1.83 bits per heavy atom. The van der Waals surface area contributed by atoms with Crippen LogP contribution in [0.5, 0.6) is 0 Å². The summed E-state index contributed by atoms with van der Waals surface area (Å²) in [6.45, 7) is 2.04. The first-order valence-electron chi connectivity index (χ1n) is 7.35. The molecule has 2 aromatic rings. The van der Waals surface area contributed by atoms with E-state index in [9.17, 15) is 18.5 Å². The molecule has 0 unspecified atom stereocenters. The molecule has 2 rings (SSSR count). The smallest absolute Gasteiger partial charge is 0.270 e. The Balaban J connectivity index is 2.45. The molecule has 0 aromatic heterocycles. The zero-order valence-electron chi connectivity index (χ0n) is 13.3. The average Bonchev–Trinajstić information content (AvgIpc) is 2.55. The van der Waals surface area contributed by atoms with E-state index < -0.39 is 14.9 Å². The largest absolute Gasteiger partial charge is 0.329 e. The number of sulfonamides is 1. The fourth-order valence-corrected chi connectivity index (χ4v) is 4.02. The van der Waals surface area contributed by atoms with E-state index in [1.54, 1.807) is 6.92 Å². The van der Waals surface area contributed by atoms with E-state index in [1.165, 1.54) is 16.4 Å². The van der Waals surface area contributed by atoms with Gasteiger partial charge in [0.25, 0.3) is 5.69 Å². The Morgan fingerprint density at radius 3 is 2.42 bits per heavy atom. The van der Waals surface area contributed by atoms with Crippen molar-refractivity contribution in [2.45, 2.75) is 18.4 Å². The molecule has 0 saturated carbocycles. The number of non-ortho nitro benzene ring substituents is 1. The van der Waals surface area contributed by atoms with E-state index in [1.807, 2.05) is 30.3 Å². The third-order valence-electron chi connectivity index (χ3n) is 3.58. The maximum Gasteiger partial charge on any atom is 0.270 e. The van der Waals surface area contributed by atoms with Crippen LogP contribution >= 0.6 is 0 Å². The molecule has 128 valence electrons. The number of hydrogen-bond acceptors (Lipinski definition) is 5. The summed E-state index contributed by atoms with van der Waals surface area (Å²) in [5.74, 6) is 0. The molecule has 0 radical (unpaired) electrons. The van der Waals surface area contributed by atoms with Gasteiger partial charge in [-0.05, 0) is 18.1 Å². The number of nitro benzene ring substituents is 1. The first kappa shape index (κ1) is 18.1.